The molecule has 1 N–H and O–H groups in total. The fraction of sp³-hybridized carbons (Fsp3) is 0.364. The second kappa shape index (κ2) is 3.59. The first-order valence-electron chi connectivity index (χ1n) is 5.35. The second-order valence-corrected chi connectivity index (χ2v) is 4.01. The third kappa shape index (κ3) is 1.88. The van der Waals surface area contributed by atoms with Crippen LogP contribution in [0.25, 0.3) is 11.5 Å². The van der Waals surface area contributed by atoms with Gasteiger partial charge in [-0.2, -0.15) is 4.98 Å². The average Bonchev–Trinajstić information content (AvgIpc) is 2.94. The molecule has 0 atom stereocenters. The number of aromatic nitrogens is 3. The average molecular weight is 216 g/mol. The van der Waals surface area contributed by atoms with E-state index in [1.807, 2.05) is 25.1 Å². The third-order valence-corrected chi connectivity index (χ3v) is 2.45. The molecule has 0 unspecified atom stereocenters. The Morgan fingerprint density at radius 1 is 1.31 bits per heavy atom. The Labute approximate surface area is 92.9 Å². The normalized spacial score (nSPS) is 15.1. The van der Waals surface area contributed by atoms with E-state index in [-0.39, 0.29) is 0 Å². The van der Waals surface area contributed by atoms with Crippen LogP contribution in [0.2, 0.25) is 0 Å². The highest BCUT2D eigenvalue weighted by atomic mass is 16.5. The van der Waals surface area contributed by atoms with Gasteiger partial charge in [-0.05, 0) is 31.9 Å². The highest BCUT2D eigenvalue weighted by Crippen LogP contribution is 2.24. The van der Waals surface area contributed by atoms with Gasteiger partial charge < -0.3 is 9.84 Å². The summed E-state index contributed by atoms with van der Waals surface area (Å²) in [5.41, 5.74) is 1.69. The lowest BCUT2D eigenvalue weighted by Gasteiger charge is -1.95. The van der Waals surface area contributed by atoms with Crippen LogP contribution in [0.1, 0.15) is 18.5 Å². The Hall–Kier alpha value is -1.91. The number of pyridine rings is 1. The summed E-state index contributed by atoms with van der Waals surface area (Å²) in [6.45, 7) is 1.94. The molecule has 0 saturated heterocycles. The molecule has 0 aliphatic heterocycles. The maximum atomic E-state index is 5.10. The minimum Gasteiger partial charge on any atom is -0.335 e. The van der Waals surface area contributed by atoms with Crippen molar-refractivity contribution in [2.75, 3.05) is 5.32 Å². The second-order valence-electron chi connectivity index (χ2n) is 4.01. The lowest BCUT2D eigenvalue weighted by atomic mass is 10.3. The van der Waals surface area contributed by atoms with Crippen molar-refractivity contribution in [3.63, 3.8) is 0 Å². The van der Waals surface area contributed by atoms with Gasteiger partial charge in [0, 0.05) is 11.7 Å². The predicted octanol–water partition coefficient (Wildman–Crippen LogP) is 2.01. The van der Waals surface area contributed by atoms with E-state index >= 15 is 0 Å². The van der Waals surface area contributed by atoms with Crippen molar-refractivity contribution < 1.29 is 4.52 Å². The molecule has 0 aromatic carbocycles. The minimum atomic E-state index is 0.487. The molecule has 0 amide bonds. The van der Waals surface area contributed by atoms with Gasteiger partial charge in [-0.3, -0.25) is 0 Å². The molecule has 16 heavy (non-hydrogen) atoms. The predicted molar refractivity (Wildman–Crippen MR) is 58.9 cm³/mol. The highest BCUT2D eigenvalue weighted by Gasteiger charge is 2.23. The maximum Gasteiger partial charge on any atom is 0.322 e. The van der Waals surface area contributed by atoms with E-state index in [1.165, 1.54) is 12.8 Å². The van der Waals surface area contributed by atoms with Crippen LogP contribution < -0.4 is 5.32 Å². The van der Waals surface area contributed by atoms with Crippen molar-refractivity contribution in [3.8, 4) is 11.5 Å². The summed E-state index contributed by atoms with van der Waals surface area (Å²) < 4.78 is 5.10. The van der Waals surface area contributed by atoms with Crippen LogP contribution >= 0.6 is 0 Å². The van der Waals surface area contributed by atoms with Crippen molar-refractivity contribution in [2.24, 2.45) is 0 Å². The fourth-order valence-electron chi connectivity index (χ4n) is 1.46. The van der Waals surface area contributed by atoms with Gasteiger partial charge in [-0.25, -0.2) is 4.98 Å². The number of rotatable bonds is 3. The molecular weight excluding hydrogens is 204 g/mol. The molecule has 1 aliphatic rings. The Balaban J connectivity index is 1.85. The first-order chi connectivity index (χ1) is 7.81. The first-order valence-corrected chi connectivity index (χ1v) is 5.35. The molecule has 5 nitrogen and oxygen atoms in total. The Kier molecular flexibility index (Phi) is 2.09. The number of anilines is 1. The van der Waals surface area contributed by atoms with Crippen LogP contribution in [0.3, 0.4) is 0 Å². The Bertz CT molecular complexity index is 504. The third-order valence-electron chi connectivity index (χ3n) is 2.45. The van der Waals surface area contributed by atoms with Crippen molar-refractivity contribution in [3.05, 3.63) is 23.9 Å². The van der Waals surface area contributed by atoms with Crippen LogP contribution in [0.5, 0.6) is 0 Å². The van der Waals surface area contributed by atoms with Gasteiger partial charge in [0.2, 0.25) is 5.82 Å². The maximum absolute atomic E-state index is 5.10. The zero-order chi connectivity index (χ0) is 11.0. The van der Waals surface area contributed by atoms with Crippen LogP contribution in [-0.4, -0.2) is 21.2 Å². The number of nitrogens with zero attached hydrogens (tertiary/aromatic N) is 3. The van der Waals surface area contributed by atoms with E-state index in [2.05, 4.69) is 20.4 Å². The van der Waals surface area contributed by atoms with E-state index in [0.29, 0.717) is 17.9 Å². The number of nitrogens with one attached hydrogen (secondary N) is 1. The lowest BCUT2D eigenvalue weighted by Crippen LogP contribution is -2.00. The van der Waals surface area contributed by atoms with E-state index in [4.69, 9.17) is 4.52 Å². The first kappa shape index (κ1) is 9.33. The number of hydrogen-bond donors (Lipinski definition) is 1. The molecule has 82 valence electrons. The topological polar surface area (TPSA) is 63.8 Å². The molecule has 1 fully saturated rings. The van der Waals surface area contributed by atoms with E-state index < -0.39 is 0 Å². The highest BCUT2D eigenvalue weighted by molar-refractivity contribution is 5.50. The summed E-state index contributed by atoms with van der Waals surface area (Å²) in [4.78, 5) is 8.59. The number of hydrogen-bond acceptors (Lipinski definition) is 5. The van der Waals surface area contributed by atoms with Crippen molar-refractivity contribution in [1.29, 1.82) is 0 Å². The van der Waals surface area contributed by atoms with Crippen LogP contribution in [0.15, 0.2) is 22.7 Å². The summed E-state index contributed by atoms with van der Waals surface area (Å²) >= 11 is 0. The molecule has 0 bridgehead atoms. The van der Waals surface area contributed by atoms with Crippen LogP contribution in [-0.2, 0) is 0 Å². The Morgan fingerprint density at radius 3 is 2.94 bits per heavy atom. The largest absolute Gasteiger partial charge is 0.335 e. The molecule has 1 saturated carbocycles. The van der Waals surface area contributed by atoms with Crippen molar-refractivity contribution in [2.45, 2.75) is 25.8 Å². The molecule has 2 aromatic rings. The van der Waals surface area contributed by atoms with E-state index in [9.17, 15) is 0 Å². The van der Waals surface area contributed by atoms with Crippen molar-refractivity contribution in [1.82, 2.24) is 15.1 Å². The van der Waals surface area contributed by atoms with Gasteiger partial charge in [0.1, 0.15) is 5.69 Å². The SMILES string of the molecule is Cc1cccc(-c2noc(NC3CC3)n2)n1. The van der Waals surface area contributed by atoms with Gasteiger partial charge >= 0.3 is 6.01 Å². The summed E-state index contributed by atoms with van der Waals surface area (Å²) in [5, 5.41) is 7.05. The summed E-state index contributed by atoms with van der Waals surface area (Å²) in [5.74, 6) is 0.534. The molecular formula is C11H12N4O. The van der Waals surface area contributed by atoms with Gasteiger partial charge in [-0.15, -0.1) is 0 Å². The van der Waals surface area contributed by atoms with E-state index in [1.54, 1.807) is 0 Å². The smallest absolute Gasteiger partial charge is 0.322 e. The fourth-order valence-corrected chi connectivity index (χ4v) is 1.46. The van der Waals surface area contributed by atoms with Gasteiger partial charge in [0.25, 0.3) is 0 Å². The zero-order valence-corrected chi connectivity index (χ0v) is 8.97. The molecule has 0 spiro atoms. The summed E-state index contributed by atoms with van der Waals surface area (Å²) in [6.07, 6.45) is 2.36. The monoisotopic (exact) mass is 216 g/mol. The van der Waals surface area contributed by atoms with Gasteiger partial charge in [0.15, 0.2) is 0 Å². The van der Waals surface area contributed by atoms with Gasteiger partial charge in [-0.1, -0.05) is 11.2 Å². The molecule has 0 radical (unpaired) electrons. The quantitative estimate of drug-likeness (QED) is 0.850. The van der Waals surface area contributed by atoms with Gasteiger partial charge in [0.05, 0.1) is 0 Å². The summed E-state index contributed by atoms with van der Waals surface area (Å²) in [6, 6.07) is 6.74. The van der Waals surface area contributed by atoms with Crippen molar-refractivity contribution >= 4 is 6.01 Å². The Morgan fingerprint density at radius 2 is 2.19 bits per heavy atom. The molecule has 3 rings (SSSR count). The lowest BCUT2D eigenvalue weighted by molar-refractivity contribution is 0.431. The molecule has 1 aliphatic carbocycles. The van der Waals surface area contributed by atoms with Crippen LogP contribution in [0, 0.1) is 6.92 Å². The molecule has 2 heterocycles. The molecule has 2 aromatic heterocycles. The number of aryl methyl sites for hydroxylation is 1. The summed E-state index contributed by atoms with van der Waals surface area (Å²) in [7, 11) is 0. The minimum absolute atomic E-state index is 0.487. The van der Waals surface area contributed by atoms with E-state index in [0.717, 1.165) is 11.4 Å². The standard InChI is InChI=1S/C11H12N4O/c1-7-3-2-4-9(12-7)10-14-11(16-15-10)13-8-5-6-8/h2-4,8H,5-6H2,1H3,(H,13,14,15). The molecule has 5 heteroatoms. The zero-order valence-electron chi connectivity index (χ0n) is 8.97. The van der Waals surface area contributed by atoms with Crippen LogP contribution in [0.4, 0.5) is 6.01 Å².